The number of carbonyl (C=O) groups excluding carboxylic acids is 1. The molecule has 0 spiro atoms. The Kier molecular flexibility index (Phi) is 4.88. The van der Waals surface area contributed by atoms with Gasteiger partial charge in [0.15, 0.2) is 0 Å². The number of hydrogen-bond donors (Lipinski definition) is 1. The molecule has 1 aromatic carbocycles. The largest absolute Gasteiger partial charge is 0.428 e. The van der Waals surface area contributed by atoms with Crippen LogP contribution < -0.4 is 10.2 Å². The van der Waals surface area contributed by atoms with Crippen molar-refractivity contribution in [2.75, 3.05) is 42.9 Å². The van der Waals surface area contributed by atoms with Gasteiger partial charge in [0.2, 0.25) is 5.91 Å². The van der Waals surface area contributed by atoms with E-state index in [1.54, 1.807) is 12.1 Å². The van der Waals surface area contributed by atoms with E-state index in [2.05, 4.69) is 20.1 Å². The third-order valence-electron chi connectivity index (χ3n) is 5.02. The first-order chi connectivity index (χ1) is 12.7. The number of aromatic nitrogens is 1. The van der Waals surface area contributed by atoms with Crippen LogP contribution in [0.15, 0.2) is 28.7 Å². The van der Waals surface area contributed by atoms with Crippen molar-refractivity contribution in [1.29, 1.82) is 0 Å². The van der Waals surface area contributed by atoms with Gasteiger partial charge in [-0.3, -0.25) is 15.0 Å². The number of oxazole rings is 1. The van der Waals surface area contributed by atoms with Gasteiger partial charge >= 0.3 is 6.01 Å². The average Bonchev–Trinajstić information content (AvgIpc) is 3.05. The highest BCUT2D eigenvalue weighted by atomic mass is 19.1. The molecule has 1 amide bonds. The van der Waals surface area contributed by atoms with Crippen LogP contribution in [0, 0.1) is 5.82 Å². The minimum absolute atomic E-state index is 0.0983. The van der Waals surface area contributed by atoms with Crippen molar-refractivity contribution < 1.29 is 13.6 Å². The quantitative estimate of drug-likeness (QED) is 0.910. The van der Waals surface area contributed by atoms with Crippen molar-refractivity contribution in [3.05, 3.63) is 41.5 Å². The number of anilines is 2. The van der Waals surface area contributed by atoms with E-state index in [-0.39, 0.29) is 11.7 Å². The summed E-state index contributed by atoms with van der Waals surface area (Å²) in [6.45, 7) is 3.52. The van der Waals surface area contributed by atoms with Crippen molar-refractivity contribution in [3.63, 3.8) is 0 Å². The maximum Gasteiger partial charge on any atom is 0.301 e. The molecule has 1 saturated heterocycles. The van der Waals surface area contributed by atoms with Gasteiger partial charge in [-0.05, 0) is 43.5 Å². The Balaban J connectivity index is 1.26. The Morgan fingerprint density at radius 3 is 2.58 bits per heavy atom. The van der Waals surface area contributed by atoms with Crippen molar-refractivity contribution in [3.8, 4) is 0 Å². The van der Waals surface area contributed by atoms with Gasteiger partial charge < -0.3 is 9.32 Å². The first kappa shape index (κ1) is 17.0. The molecule has 4 rings (SSSR count). The van der Waals surface area contributed by atoms with E-state index >= 15 is 0 Å². The lowest BCUT2D eigenvalue weighted by molar-refractivity contribution is -0.117. The van der Waals surface area contributed by atoms with E-state index in [0.717, 1.165) is 69.0 Å². The Bertz CT molecular complexity index is 743. The summed E-state index contributed by atoms with van der Waals surface area (Å²) in [5.74, 6) is 0.593. The van der Waals surface area contributed by atoms with Gasteiger partial charge in [-0.25, -0.2) is 4.39 Å². The molecule has 0 bridgehead atoms. The zero-order chi connectivity index (χ0) is 17.9. The number of aryl methyl sites for hydroxylation is 2. The van der Waals surface area contributed by atoms with E-state index in [1.165, 1.54) is 12.1 Å². The van der Waals surface area contributed by atoms with Crippen LogP contribution in [0.25, 0.3) is 0 Å². The lowest BCUT2D eigenvalue weighted by atomic mass is 10.0. The van der Waals surface area contributed by atoms with E-state index in [0.29, 0.717) is 12.6 Å². The molecule has 1 aromatic heterocycles. The highest BCUT2D eigenvalue weighted by Crippen LogP contribution is 2.24. The third kappa shape index (κ3) is 3.88. The molecule has 2 aromatic rings. The minimum atomic E-state index is -0.225. The van der Waals surface area contributed by atoms with Crippen LogP contribution in [0.2, 0.25) is 0 Å². The van der Waals surface area contributed by atoms with E-state index < -0.39 is 0 Å². The highest BCUT2D eigenvalue weighted by Gasteiger charge is 2.21. The van der Waals surface area contributed by atoms with Crippen LogP contribution in [-0.4, -0.2) is 48.5 Å². The lowest BCUT2D eigenvalue weighted by Crippen LogP contribution is -2.48. The van der Waals surface area contributed by atoms with Crippen molar-refractivity contribution >= 4 is 17.6 Å². The fourth-order valence-electron chi connectivity index (χ4n) is 3.58. The zero-order valence-corrected chi connectivity index (χ0v) is 14.7. The molecule has 0 saturated carbocycles. The monoisotopic (exact) mass is 358 g/mol. The van der Waals surface area contributed by atoms with Crippen LogP contribution in [0.5, 0.6) is 0 Å². The molecule has 0 unspecified atom stereocenters. The smallest absolute Gasteiger partial charge is 0.301 e. The first-order valence-electron chi connectivity index (χ1n) is 9.19. The van der Waals surface area contributed by atoms with Crippen molar-refractivity contribution in [1.82, 2.24) is 9.88 Å². The van der Waals surface area contributed by atoms with E-state index in [4.69, 9.17) is 4.42 Å². The topological polar surface area (TPSA) is 61.6 Å². The summed E-state index contributed by atoms with van der Waals surface area (Å²) in [5, 5.41) is 2.78. The molecule has 1 aliphatic carbocycles. The van der Waals surface area contributed by atoms with Gasteiger partial charge in [0.1, 0.15) is 11.6 Å². The number of nitrogens with one attached hydrogen (secondary N) is 1. The minimum Gasteiger partial charge on any atom is -0.428 e. The fourth-order valence-corrected chi connectivity index (χ4v) is 3.58. The second-order valence-electron chi connectivity index (χ2n) is 6.88. The normalized spacial score (nSPS) is 17.8. The predicted octanol–water partition coefficient (Wildman–Crippen LogP) is 2.45. The standard InChI is InChI=1S/C19H23FN4O2/c20-14-5-7-15(8-6-14)24-11-9-23(10-12-24)13-18(25)22-19-21-16-3-1-2-4-17(16)26-19/h5-8H,1-4,9-13H2,(H,21,22,25). The summed E-state index contributed by atoms with van der Waals surface area (Å²) in [6.07, 6.45) is 4.09. The molecule has 2 aliphatic rings. The SMILES string of the molecule is O=C(CN1CCN(c2ccc(F)cc2)CC1)Nc1nc2c(o1)CCCC2. The molecule has 0 atom stereocenters. The van der Waals surface area contributed by atoms with Gasteiger partial charge in [0.05, 0.1) is 12.2 Å². The molecule has 138 valence electrons. The fraction of sp³-hybridized carbons (Fsp3) is 0.474. The summed E-state index contributed by atoms with van der Waals surface area (Å²) >= 11 is 0. The molecule has 7 heteroatoms. The van der Waals surface area contributed by atoms with Crippen LogP contribution in [-0.2, 0) is 17.6 Å². The number of rotatable bonds is 4. The Morgan fingerprint density at radius 1 is 1.12 bits per heavy atom. The Hall–Kier alpha value is -2.41. The first-order valence-corrected chi connectivity index (χ1v) is 9.19. The van der Waals surface area contributed by atoms with E-state index in [1.807, 2.05) is 0 Å². The molecule has 6 nitrogen and oxygen atoms in total. The number of hydrogen-bond acceptors (Lipinski definition) is 5. The van der Waals surface area contributed by atoms with Crippen LogP contribution in [0.1, 0.15) is 24.3 Å². The van der Waals surface area contributed by atoms with Gasteiger partial charge in [-0.15, -0.1) is 0 Å². The second-order valence-corrected chi connectivity index (χ2v) is 6.88. The average molecular weight is 358 g/mol. The number of fused-ring (bicyclic) bond motifs is 1. The number of carbonyl (C=O) groups is 1. The third-order valence-corrected chi connectivity index (χ3v) is 5.02. The lowest BCUT2D eigenvalue weighted by Gasteiger charge is -2.35. The molecule has 1 N–H and O–H groups in total. The van der Waals surface area contributed by atoms with Gasteiger partial charge in [0.25, 0.3) is 0 Å². The zero-order valence-electron chi connectivity index (χ0n) is 14.7. The Morgan fingerprint density at radius 2 is 1.85 bits per heavy atom. The maximum absolute atomic E-state index is 13.0. The Labute approximate surface area is 152 Å². The van der Waals surface area contributed by atoms with Crippen molar-refractivity contribution in [2.24, 2.45) is 0 Å². The highest BCUT2D eigenvalue weighted by molar-refractivity contribution is 5.90. The van der Waals surface area contributed by atoms with Gasteiger partial charge in [-0.2, -0.15) is 4.98 Å². The number of halogens is 1. The van der Waals surface area contributed by atoms with Gasteiger partial charge in [0, 0.05) is 38.3 Å². The molecule has 2 heterocycles. The molecule has 1 aliphatic heterocycles. The molecule has 26 heavy (non-hydrogen) atoms. The van der Waals surface area contributed by atoms with E-state index in [9.17, 15) is 9.18 Å². The van der Waals surface area contributed by atoms with Crippen LogP contribution >= 0.6 is 0 Å². The molecule has 1 fully saturated rings. The number of piperazine rings is 1. The summed E-state index contributed by atoms with van der Waals surface area (Å²) in [7, 11) is 0. The number of nitrogens with zero attached hydrogens (tertiary/aromatic N) is 3. The van der Waals surface area contributed by atoms with Crippen LogP contribution in [0.3, 0.4) is 0 Å². The summed E-state index contributed by atoms with van der Waals surface area (Å²) in [6, 6.07) is 6.87. The second kappa shape index (κ2) is 7.45. The molecular weight excluding hydrogens is 335 g/mol. The summed E-state index contributed by atoms with van der Waals surface area (Å²) in [5.41, 5.74) is 2.00. The summed E-state index contributed by atoms with van der Waals surface area (Å²) < 4.78 is 18.7. The predicted molar refractivity (Wildman–Crippen MR) is 96.8 cm³/mol. The van der Waals surface area contributed by atoms with Gasteiger partial charge in [-0.1, -0.05) is 0 Å². The van der Waals surface area contributed by atoms with Crippen LogP contribution in [0.4, 0.5) is 16.1 Å². The number of benzene rings is 1. The van der Waals surface area contributed by atoms with Crippen molar-refractivity contribution in [2.45, 2.75) is 25.7 Å². The molecule has 0 radical (unpaired) electrons. The summed E-state index contributed by atoms with van der Waals surface area (Å²) in [4.78, 5) is 21.0. The molecular formula is C19H23FN4O2. The number of amides is 1. The maximum atomic E-state index is 13.0.